The van der Waals surface area contributed by atoms with Crippen molar-refractivity contribution in [1.82, 2.24) is 0 Å². The Balaban J connectivity index is 2.51. The second kappa shape index (κ2) is 3.27. The van der Waals surface area contributed by atoms with Gasteiger partial charge in [-0.25, -0.2) is 0 Å². The van der Waals surface area contributed by atoms with Gasteiger partial charge in [0.05, 0.1) is 11.5 Å². The lowest BCUT2D eigenvalue weighted by Gasteiger charge is -2.36. The van der Waals surface area contributed by atoms with E-state index < -0.39 is 0 Å². The Morgan fingerprint density at radius 2 is 1.80 bits per heavy atom. The highest BCUT2D eigenvalue weighted by Crippen LogP contribution is 2.44. The van der Waals surface area contributed by atoms with Gasteiger partial charge in [-0.1, -0.05) is 12.1 Å². The number of rotatable bonds is 1. The van der Waals surface area contributed by atoms with Crippen LogP contribution in [0.3, 0.4) is 0 Å². The number of phenols is 1. The topological polar surface area (TPSA) is 44.0 Å². The molecule has 0 unspecified atom stereocenters. The van der Waals surface area contributed by atoms with Crippen molar-refractivity contribution < 1.29 is 5.11 Å². The molecule has 1 fully saturated rings. The predicted octanol–water partition coefficient (Wildman–Crippen LogP) is 2.95. The van der Waals surface area contributed by atoms with Gasteiger partial charge in [0, 0.05) is 0 Å². The van der Waals surface area contributed by atoms with Crippen molar-refractivity contribution in [2.75, 3.05) is 0 Å². The van der Waals surface area contributed by atoms with Crippen molar-refractivity contribution in [3.8, 4) is 11.8 Å². The van der Waals surface area contributed by atoms with Crippen molar-refractivity contribution in [2.24, 2.45) is 0 Å². The zero-order chi connectivity index (χ0) is 11.1. The van der Waals surface area contributed by atoms with Crippen molar-refractivity contribution in [1.29, 1.82) is 5.26 Å². The van der Waals surface area contributed by atoms with Gasteiger partial charge in [0.1, 0.15) is 5.75 Å². The molecule has 1 saturated carbocycles. The summed E-state index contributed by atoms with van der Waals surface area (Å²) < 4.78 is 0. The number of hydrogen-bond acceptors (Lipinski definition) is 2. The number of nitriles is 1. The molecule has 0 bridgehead atoms. The molecule has 1 aromatic rings. The highest BCUT2D eigenvalue weighted by molar-refractivity contribution is 5.47. The first kappa shape index (κ1) is 10.0. The molecule has 0 aromatic heterocycles. The lowest BCUT2D eigenvalue weighted by molar-refractivity contribution is 0.323. The lowest BCUT2D eigenvalue weighted by atomic mass is 9.65. The molecule has 1 aliphatic carbocycles. The molecule has 2 nitrogen and oxygen atoms in total. The second-order valence-electron chi connectivity index (χ2n) is 4.51. The van der Waals surface area contributed by atoms with E-state index in [2.05, 4.69) is 6.07 Å². The van der Waals surface area contributed by atoms with Crippen LogP contribution in [0.2, 0.25) is 0 Å². The van der Waals surface area contributed by atoms with Crippen LogP contribution in [0.1, 0.15) is 36.0 Å². The van der Waals surface area contributed by atoms with E-state index in [0.717, 1.165) is 36.0 Å². The second-order valence-corrected chi connectivity index (χ2v) is 4.51. The molecule has 0 aliphatic heterocycles. The third-order valence-corrected chi connectivity index (χ3v) is 3.46. The fraction of sp³-hybridized carbons (Fsp3) is 0.462. The Morgan fingerprint density at radius 1 is 1.27 bits per heavy atom. The third kappa shape index (κ3) is 1.39. The minimum Gasteiger partial charge on any atom is -0.507 e. The van der Waals surface area contributed by atoms with Crippen LogP contribution >= 0.6 is 0 Å². The van der Waals surface area contributed by atoms with Crippen LogP contribution < -0.4 is 0 Å². The van der Waals surface area contributed by atoms with E-state index in [1.54, 1.807) is 0 Å². The number of benzene rings is 1. The monoisotopic (exact) mass is 201 g/mol. The van der Waals surface area contributed by atoms with E-state index in [0.29, 0.717) is 5.75 Å². The van der Waals surface area contributed by atoms with Crippen molar-refractivity contribution in [2.45, 2.75) is 38.5 Å². The van der Waals surface area contributed by atoms with E-state index in [1.807, 2.05) is 26.0 Å². The van der Waals surface area contributed by atoms with Gasteiger partial charge >= 0.3 is 0 Å². The summed E-state index contributed by atoms with van der Waals surface area (Å²) in [5.74, 6) is 0.353. The van der Waals surface area contributed by atoms with Crippen LogP contribution in [0.15, 0.2) is 12.1 Å². The first-order chi connectivity index (χ1) is 7.09. The van der Waals surface area contributed by atoms with Crippen LogP contribution in [0.5, 0.6) is 5.75 Å². The molecule has 0 atom stereocenters. The molecule has 1 aromatic carbocycles. The Labute approximate surface area is 90.2 Å². The normalized spacial score (nSPS) is 17.9. The zero-order valence-electron chi connectivity index (χ0n) is 9.17. The predicted molar refractivity (Wildman–Crippen MR) is 58.7 cm³/mol. The first-order valence-corrected chi connectivity index (χ1v) is 5.31. The molecule has 0 saturated heterocycles. The minimum atomic E-state index is -0.275. The van der Waals surface area contributed by atoms with E-state index in [1.165, 1.54) is 0 Å². The van der Waals surface area contributed by atoms with Gasteiger partial charge in [-0.15, -0.1) is 0 Å². The Hall–Kier alpha value is -1.49. The van der Waals surface area contributed by atoms with Gasteiger partial charge in [-0.05, 0) is 49.8 Å². The average molecular weight is 201 g/mol. The molecular formula is C13H15NO. The van der Waals surface area contributed by atoms with Gasteiger partial charge in [0.2, 0.25) is 0 Å². The quantitative estimate of drug-likeness (QED) is 0.759. The number of aromatic hydroxyl groups is 1. The number of phenolic OH excluding ortho intramolecular Hbond substituents is 1. The fourth-order valence-corrected chi connectivity index (χ4v) is 2.23. The zero-order valence-corrected chi connectivity index (χ0v) is 9.17. The maximum atomic E-state index is 9.68. The number of aryl methyl sites for hydroxylation is 2. The van der Waals surface area contributed by atoms with Crippen LogP contribution in [0.4, 0.5) is 0 Å². The first-order valence-electron chi connectivity index (χ1n) is 5.31. The maximum absolute atomic E-state index is 9.68. The summed E-state index contributed by atoms with van der Waals surface area (Å²) in [4.78, 5) is 0. The molecule has 15 heavy (non-hydrogen) atoms. The summed E-state index contributed by atoms with van der Waals surface area (Å²) in [6.07, 6.45) is 3.03. The Kier molecular flexibility index (Phi) is 2.19. The molecule has 0 heterocycles. The Bertz CT molecular complexity index is 415. The molecule has 1 N–H and O–H groups in total. The standard InChI is InChI=1S/C13H15NO/c1-9-6-11(7-10(2)12(9)15)13(8-14)4-3-5-13/h6-7,15H,3-5H2,1-2H3. The molecule has 2 heteroatoms. The van der Waals surface area contributed by atoms with Gasteiger partial charge in [-0.2, -0.15) is 5.26 Å². The van der Waals surface area contributed by atoms with Crippen LogP contribution in [0.25, 0.3) is 0 Å². The van der Waals surface area contributed by atoms with E-state index in [9.17, 15) is 10.4 Å². The largest absolute Gasteiger partial charge is 0.507 e. The van der Waals surface area contributed by atoms with Crippen LogP contribution in [0, 0.1) is 25.2 Å². The molecule has 0 radical (unpaired) electrons. The van der Waals surface area contributed by atoms with Gasteiger partial charge < -0.3 is 5.11 Å². The number of nitrogens with zero attached hydrogens (tertiary/aromatic N) is 1. The molecule has 78 valence electrons. The van der Waals surface area contributed by atoms with E-state index in [4.69, 9.17) is 0 Å². The van der Waals surface area contributed by atoms with Crippen LogP contribution in [-0.2, 0) is 5.41 Å². The highest BCUT2D eigenvalue weighted by Gasteiger charge is 2.39. The summed E-state index contributed by atoms with van der Waals surface area (Å²) in [6, 6.07) is 6.32. The van der Waals surface area contributed by atoms with Gasteiger partial charge in [0.15, 0.2) is 0 Å². The highest BCUT2D eigenvalue weighted by atomic mass is 16.3. The SMILES string of the molecule is Cc1cc(C2(C#N)CCC2)cc(C)c1O. The minimum absolute atomic E-state index is 0.275. The van der Waals surface area contributed by atoms with Crippen molar-refractivity contribution in [3.63, 3.8) is 0 Å². The summed E-state index contributed by atoms with van der Waals surface area (Å²) >= 11 is 0. The number of hydrogen-bond donors (Lipinski definition) is 1. The molecule has 0 spiro atoms. The molecular weight excluding hydrogens is 186 g/mol. The summed E-state index contributed by atoms with van der Waals surface area (Å²) in [5.41, 5.74) is 2.53. The smallest absolute Gasteiger partial charge is 0.121 e. The fourth-order valence-electron chi connectivity index (χ4n) is 2.23. The Morgan fingerprint density at radius 3 is 2.13 bits per heavy atom. The van der Waals surface area contributed by atoms with Crippen molar-refractivity contribution >= 4 is 0 Å². The van der Waals surface area contributed by atoms with Crippen molar-refractivity contribution in [3.05, 3.63) is 28.8 Å². The van der Waals surface area contributed by atoms with E-state index >= 15 is 0 Å². The third-order valence-electron chi connectivity index (χ3n) is 3.46. The molecule has 2 rings (SSSR count). The van der Waals surface area contributed by atoms with Crippen LogP contribution in [-0.4, -0.2) is 5.11 Å². The van der Waals surface area contributed by atoms with Gasteiger partial charge in [0.25, 0.3) is 0 Å². The summed E-state index contributed by atoms with van der Waals surface area (Å²) in [7, 11) is 0. The molecule has 1 aliphatic rings. The van der Waals surface area contributed by atoms with E-state index in [-0.39, 0.29) is 5.41 Å². The summed E-state index contributed by atoms with van der Waals surface area (Å²) in [6.45, 7) is 3.77. The van der Waals surface area contributed by atoms with Gasteiger partial charge in [-0.3, -0.25) is 0 Å². The summed E-state index contributed by atoms with van der Waals surface area (Å²) in [5, 5.41) is 18.9. The molecule has 0 amide bonds. The average Bonchev–Trinajstić information content (AvgIpc) is 2.13. The lowest BCUT2D eigenvalue weighted by Crippen LogP contribution is -2.32. The maximum Gasteiger partial charge on any atom is 0.121 e.